The summed E-state index contributed by atoms with van der Waals surface area (Å²) < 4.78 is 5.31. The second-order valence-corrected chi connectivity index (χ2v) is 4.66. The van der Waals surface area contributed by atoms with Gasteiger partial charge in [-0.15, -0.1) is 0 Å². The largest absolute Gasteiger partial charge is 0.339 e. The van der Waals surface area contributed by atoms with Gasteiger partial charge in [-0.1, -0.05) is 31.8 Å². The molecule has 90 valence electrons. The molecule has 1 aliphatic heterocycles. The Morgan fingerprint density at radius 1 is 1.44 bits per heavy atom. The Morgan fingerprint density at radius 2 is 2.31 bits per heavy atom. The van der Waals surface area contributed by atoms with Crippen molar-refractivity contribution in [2.24, 2.45) is 0 Å². The van der Waals surface area contributed by atoms with Crippen molar-refractivity contribution >= 4 is 0 Å². The van der Waals surface area contributed by atoms with E-state index in [1.54, 1.807) is 0 Å². The lowest BCUT2D eigenvalue weighted by molar-refractivity contribution is 0.346. The Labute approximate surface area is 96.8 Å². The van der Waals surface area contributed by atoms with Crippen molar-refractivity contribution in [2.45, 2.75) is 57.9 Å². The summed E-state index contributed by atoms with van der Waals surface area (Å²) in [6.07, 6.45) is 5.98. The number of rotatable bonds is 3. The normalized spacial score (nSPS) is 24.0. The summed E-state index contributed by atoms with van der Waals surface area (Å²) in [7, 11) is 0. The van der Waals surface area contributed by atoms with Crippen LogP contribution in [0.2, 0.25) is 0 Å². The molecule has 1 saturated heterocycles. The minimum atomic E-state index is 0.295. The van der Waals surface area contributed by atoms with E-state index < -0.39 is 0 Å². The lowest BCUT2D eigenvalue weighted by atomic mass is 10.1. The van der Waals surface area contributed by atoms with Gasteiger partial charge in [0, 0.05) is 5.92 Å². The average Bonchev–Trinajstić information content (AvgIpc) is 2.64. The molecule has 1 fully saturated rings. The van der Waals surface area contributed by atoms with E-state index in [4.69, 9.17) is 4.52 Å². The molecule has 0 aromatic carbocycles. The summed E-state index contributed by atoms with van der Waals surface area (Å²) >= 11 is 0. The molecule has 0 aliphatic carbocycles. The van der Waals surface area contributed by atoms with Gasteiger partial charge in [0.1, 0.15) is 0 Å². The highest BCUT2D eigenvalue weighted by atomic mass is 16.5. The van der Waals surface area contributed by atoms with E-state index in [0.717, 1.165) is 31.1 Å². The van der Waals surface area contributed by atoms with Crippen LogP contribution in [0.1, 0.15) is 69.6 Å². The summed E-state index contributed by atoms with van der Waals surface area (Å²) in [5.41, 5.74) is 0. The van der Waals surface area contributed by atoms with E-state index in [0.29, 0.717) is 12.0 Å². The third kappa shape index (κ3) is 2.61. The molecule has 4 nitrogen and oxygen atoms in total. The maximum absolute atomic E-state index is 5.31. The topological polar surface area (TPSA) is 51.0 Å². The van der Waals surface area contributed by atoms with Crippen LogP contribution in [0, 0.1) is 0 Å². The standard InChI is InChI=1S/C12H21N3O/c1-3-9(2)12-14-11(15-16-12)10-7-5-4-6-8-13-10/h9-10,13H,3-8H2,1-2H3. The lowest BCUT2D eigenvalue weighted by Gasteiger charge is -2.10. The van der Waals surface area contributed by atoms with Crippen LogP contribution in [0.3, 0.4) is 0 Å². The smallest absolute Gasteiger partial charge is 0.229 e. The summed E-state index contributed by atoms with van der Waals surface area (Å²) in [4.78, 5) is 4.51. The first-order valence-electron chi connectivity index (χ1n) is 6.38. The Hall–Kier alpha value is -0.900. The maximum Gasteiger partial charge on any atom is 0.229 e. The first-order chi connectivity index (χ1) is 7.81. The van der Waals surface area contributed by atoms with Crippen molar-refractivity contribution in [3.8, 4) is 0 Å². The third-order valence-electron chi connectivity index (χ3n) is 3.36. The van der Waals surface area contributed by atoms with E-state index in [1.807, 2.05) is 0 Å². The SMILES string of the molecule is CCC(C)c1nc(C2CCCCCN2)no1. The van der Waals surface area contributed by atoms with E-state index in [1.165, 1.54) is 19.3 Å². The van der Waals surface area contributed by atoms with Gasteiger partial charge in [-0.3, -0.25) is 0 Å². The third-order valence-corrected chi connectivity index (χ3v) is 3.36. The molecule has 0 bridgehead atoms. The fraction of sp³-hybridized carbons (Fsp3) is 0.833. The van der Waals surface area contributed by atoms with Crippen molar-refractivity contribution in [1.82, 2.24) is 15.5 Å². The molecule has 1 aromatic heterocycles. The zero-order valence-corrected chi connectivity index (χ0v) is 10.2. The van der Waals surface area contributed by atoms with E-state index in [9.17, 15) is 0 Å². The molecule has 2 heterocycles. The van der Waals surface area contributed by atoms with Gasteiger partial charge < -0.3 is 9.84 Å². The van der Waals surface area contributed by atoms with Crippen LogP contribution in [0.5, 0.6) is 0 Å². The molecule has 0 spiro atoms. The van der Waals surface area contributed by atoms with Gasteiger partial charge in [0.25, 0.3) is 0 Å². The second-order valence-electron chi connectivity index (χ2n) is 4.66. The summed E-state index contributed by atoms with van der Waals surface area (Å²) in [5.74, 6) is 1.99. The molecule has 1 aromatic rings. The van der Waals surface area contributed by atoms with Crippen molar-refractivity contribution in [3.05, 3.63) is 11.7 Å². The molecule has 1 N–H and O–H groups in total. The molecule has 2 atom stereocenters. The summed E-state index contributed by atoms with van der Waals surface area (Å²) in [6.45, 7) is 5.33. The quantitative estimate of drug-likeness (QED) is 0.856. The van der Waals surface area contributed by atoms with Gasteiger partial charge in [0.05, 0.1) is 6.04 Å². The Balaban J connectivity index is 2.05. The van der Waals surface area contributed by atoms with Crippen LogP contribution in [0.15, 0.2) is 4.52 Å². The van der Waals surface area contributed by atoms with Crippen LogP contribution in [0.4, 0.5) is 0 Å². The molecular weight excluding hydrogens is 202 g/mol. The first kappa shape index (κ1) is 11.6. The van der Waals surface area contributed by atoms with E-state index in [2.05, 4.69) is 29.3 Å². The molecule has 0 amide bonds. The first-order valence-corrected chi connectivity index (χ1v) is 6.38. The van der Waals surface area contributed by atoms with Gasteiger partial charge in [-0.25, -0.2) is 0 Å². The minimum Gasteiger partial charge on any atom is -0.339 e. The Bertz CT molecular complexity index is 316. The molecular formula is C12H21N3O. The van der Waals surface area contributed by atoms with Crippen LogP contribution in [-0.2, 0) is 0 Å². The minimum absolute atomic E-state index is 0.295. The van der Waals surface area contributed by atoms with Crippen molar-refractivity contribution < 1.29 is 4.52 Å². The highest BCUT2D eigenvalue weighted by Crippen LogP contribution is 2.23. The van der Waals surface area contributed by atoms with E-state index in [-0.39, 0.29) is 0 Å². The van der Waals surface area contributed by atoms with Crippen molar-refractivity contribution in [2.75, 3.05) is 6.54 Å². The van der Waals surface area contributed by atoms with Gasteiger partial charge in [-0.2, -0.15) is 4.98 Å². The Kier molecular flexibility index (Phi) is 3.93. The fourth-order valence-corrected chi connectivity index (χ4v) is 2.01. The highest BCUT2D eigenvalue weighted by molar-refractivity contribution is 4.97. The molecule has 16 heavy (non-hydrogen) atoms. The van der Waals surface area contributed by atoms with Gasteiger partial charge >= 0.3 is 0 Å². The number of hydrogen-bond donors (Lipinski definition) is 1. The van der Waals surface area contributed by atoms with Gasteiger partial charge in [0.2, 0.25) is 5.89 Å². The zero-order chi connectivity index (χ0) is 11.4. The lowest BCUT2D eigenvalue weighted by Crippen LogP contribution is -2.21. The summed E-state index contributed by atoms with van der Waals surface area (Å²) in [5, 5.41) is 7.59. The number of nitrogens with one attached hydrogen (secondary N) is 1. The zero-order valence-electron chi connectivity index (χ0n) is 10.2. The average molecular weight is 223 g/mol. The predicted molar refractivity (Wildman–Crippen MR) is 62.2 cm³/mol. The number of aromatic nitrogens is 2. The second kappa shape index (κ2) is 5.43. The van der Waals surface area contributed by atoms with Crippen LogP contribution in [-0.4, -0.2) is 16.7 Å². The van der Waals surface area contributed by atoms with Gasteiger partial charge in [0.15, 0.2) is 5.82 Å². The maximum atomic E-state index is 5.31. The molecule has 2 unspecified atom stereocenters. The highest BCUT2D eigenvalue weighted by Gasteiger charge is 2.20. The molecule has 0 radical (unpaired) electrons. The summed E-state index contributed by atoms with van der Waals surface area (Å²) in [6, 6.07) is 0.295. The van der Waals surface area contributed by atoms with E-state index >= 15 is 0 Å². The monoisotopic (exact) mass is 223 g/mol. The molecule has 0 saturated carbocycles. The van der Waals surface area contributed by atoms with Crippen LogP contribution < -0.4 is 5.32 Å². The van der Waals surface area contributed by atoms with Crippen LogP contribution in [0.25, 0.3) is 0 Å². The van der Waals surface area contributed by atoms with Crippen molar-refractivity contribution in [3.63, 3.8) is 0 Å². The predicted octanol–water partition coefficient (Wildman–Crippen LogP) is 2.79. The number of hydrogen-bond acceptors (Lipinski definition) is 4. The molecule has 1 aliphatic rings. The van der Waals surface area contributed by atoms with Crippen molar-refractivity contribution in [1.29, 1.82) is 0 Å². The van der Waals surface area contributed by atoms with Gasteiger partial charge in [-0.05, 0) is 25.8 Å². The van der Waals surface area contributed by atoms with Crippen LogP contribution >= 0.6 is 0 Å². The fourth-order valence-electron chi connectivity index (χ4n) is 2.01. The molecule has 4 heteroatoms. The number of nitrogens with zero attached hydrogens (tertiary/aromatic N) is 2. The Morgan fingerprint density at radius 3 is 3.12 bits per heavy atom. The molecule has 2 rings (SSSR count).